The molecule has 0 spiro atoms. The summed E-state index contributed by atoms with van der Waals surface area (Å²) in [7, 11) is 4.77. The van der Waals surface area contributed by atoms with E-state index in [0.717, 1.165) is 22.0 Å². The zero-order valence-electron chi connectivity index (χ0n) is 17.9. The zero-order valence-corrected chi connectivity index (χ0v) is 19.5. The molecule has 0 aliphatic rings. The van der Waals surface area contributed by atoms with Gasteiger partial charge in [0.1, 0.15) is 0 Å². The van der Waals surface area contributed by atoms with Crippen LogP contribution < -0.4 is 14.2 Å². The Morgan fingerprint density at radius 1 is 0.844 bits per heavy atom. The molecule has 1 aromatic heterocycles. The fourth-order valence-corrected chi connectivity index (χ4v) is 4.45. The van der Waals surface area contributed by atoms with Gasteiger partial charge >= 0.3 is 0 Å². The van der Waals surface area contributed by atoms with Gasteiger partial charge in [-0.2, -0.15) is 0 Å². The fourth-order valence-electron chi connectivity index (χ4n) is 3.35. The van der Waals surface area contributed by atoms with Crippen molar-refractivity contribution in [3.05, 3.63) is 77.3 Å². The molecule has 0 unspecified atom stereocenters. The number of nitrogens with zero attached hydrogens (tertiary/aromatic N) is 3. The summed E-state index contributed by atoms with van der Waals surface area (Å²) in [5.74, 6) is 3.01. The normalized spacial score (nSPS) is 10.8. The lowest BCUT2D eigenvalue weighted by Gasteiger charge is -2.15. The largest absolute Gasteiger partial charge is 0.493 e. The monoisotopic (exact) mass is 467 g/mol. The number of para-hydroxylation sites is 1. The van der Waals surface area contributed by atoms with Gasteiger partial charge < -0.3 is 14.2 Å². The first-order valence-corrected chi connectivity index (χ1v) is 11.2. The summed E-state index contributed by atoms with van der Waals surface area (Å²) in [5.41, 5.74) is 2.86. The van der Waals surface area contributed by atoms with Crippen molar-refractivity contribution in [3.8, 4) is 34.3 Å². The lowest BCUT2D eigenvalue weighted by molar-refractivity contribution is 0.324. The van der Waals surface area contributed by atoms with Gasteiger partial charge in [0.25, 0.3) is 0 Å². The highest BCUT2D eigenvalue weighted by Crippen LogP contribution is 2.41. The van der Waals surface area contributed by atoms with E-state index in [1.165, 1.54) is 0 Å². The predicted molar refractivity (Wildman–Crippen MR) is 127 cm³/mol. The Bertz CT molecular complexity index is 1190. The molecule has 0 aliphatic heterocycles. The number of hydrogen-bond acceptors (Lipinski definition) is 6. The van der Waals surface area contributed by atoms with Crippen molar-refractivity contribution in [1.82, 2.24) is 14.8 Å². The van der Waals surface area contributed by atoms with E-state index in [1.54, 1.807) is 33.1 Å². The van der Waals surface area contributed by atoms with E-state index >= 15 is 0 Å². The number of aromatic nitrogens is 3. The van der Waals surface area contributed by atoms with Crippen molar-refractivity contribution in [3.63, 3.8) is 0 Å². The Morgan fingerprint density at radius 2 is 1.56 bits per heavy atom. The van der Waals surface area contributed by atoms with Crippen LogP contribution in [0, 0.1) is 0 Å². The molecular weight excluding hydrogens is 446 g/mol. The molecule has 0 atom stereocenters. The lowest BCUT2D eigenvalue weighted by atomic mass is 10.1. The number of benzene rings is 3. The van der Waals surface area contributed by atoms with Gasteiger partial charge in [0.2, 0.25) is 5.75 Å². The van der Waals surface area contributed by atoms with Gasteiger partial charge in [-0.15, -0.1) is 10.2 Å². The SMILES string of the molecule is COc1cc(-c2nnc(SCc3cccc(Cl)c3)n2-c2ccccc2)cc(OC)c1OC. The van der Waals surface area contributed by atoms with Crippen LogP contribution >= 0.6 is 23.4 Å². The van der Waals surface area contributed by atoms with Crippen molar-refractivity contribution < 1.29 is 14.2 Å². The summed E-state index contributed by atoms with van der Waals surface area (Å²) in [5, 5.41) is 10.5. The fraction of sp³-hybridized carbons (Fsp3) is 0.167. The second-order valence-corrected chi connectivity index (χ2v) is 8.19. The molecule has 4 aromatic rings. The van der Waals surface area contributed by atoms with Crippen molar-refractivity contribution >= 4 is 23.4 Å². The van der Waals surface area contributed by atoms with E-state index in [9.17, 15) is 0 Å². The molecule has 0 aliphatic carbocycles. The third-order valence-corrected chi connectivity index (χ3v) is 6.06. The second-order valence-electron chi connectivity index (χ2n) is 6.81. The topological polar surface area (TPSA) is 58.4 Å². The van der Waals surface area contributed by atoms with Crippen LogP contribution in [0.3, 0.4) is 0 Å². The Morgan fingerprint density at radius 3 is 2.19 bits per heavy atom. The van der Waals surface area contributed by atoms with E-state index in [4.69, 9.17) is 25.8 Å². The molecule has 4 rings (SSSR count). The van der Waals surface area contributed by atoms with Gasteiger partial charge in [-0.3, -0.25) is 4.57 Å². The Hall–Kier alpha value is -3.16. The maximum absolute atomic E-state index is 6.14. The van der Waals surface area contributed by atoms with Gasteiger partial charge in [0, 0.05) is 22.0 Å². The van der Waals surface area contributed by atoms with Gasteiger partial charge in [-0.1, -0.05) is 53.7 Å². The second kappa shape index (κ2) is 9.97. The smallest absolute Gasteiger partial charge is 0.203 e. The molecule has 0 fully saturated rings. The average Bonchev–Trinajstić information content (AvgIpc) is 3.26. The number of hydrogen-bond donors (Lipinski definition) is 0. The molecule has 8 heteroatoms. The van der Waals surface area contributed by atoms with Crippen LogP contribution in [0.2, 0.25) is 5.02 Å². The van der Waals surface area contributed by atoms with Crippen molar-refractivity contribution in [2.75, 3.05) is 21.3 Å². The minimum atomic E-state index is 0.528. The number of ether oxygens (including phenoxy) is 3. The van der Waals surface area contributed by atoms with E-state index < -0.39 is 0 Å². The summed E-state index contributed by atoms with van der Waals surface area (Å²) in [6, 6.07) is 21.5. The predicted octanol–water partition coefficient (Wildman–Crippen LogP) is 5.91. The molecule has 0 N–H and O–H groups in total. The van der Waals surface area contributed by atoms with E-state index in [1.807, 2.05) is 71.3 Å². The Labute approximate surface area is 196 Å². The summed E-state index contributed by atoms with van der Waals surface area (Å²) in [6.07, 6.45) is 0. The van der Waals surface area contributed by atoms with Gasteiger partial charge in [-0.05, 0) is 42.0 Å². The molecular formula is C24H22ClN3O3S. The van der Waals surface area contributed by atoms with Crippen LogP contribution in [-0.4, -0.2) is 36.1 Å². The van der Waals surface area contributed by atoms with E-state index in [2.05, 4.69) is 10.2 Å². The van der Waals surface area contributed by atoms with Gasteiger partial charge in [0.15, 0.2) is 22.5 Å². The van der Waals surface area contributed by atoms with Gasteiger partial charge in [-0.25, -0.2) is 0 Å². The number of thioether (sulfide) groups is 1. The molecule has 0 saturated heterocycles. The highest BCUT2D eigenvalue weighted by Gasteiger charge is 2.20. The van der Waals surface area contributed by atoms with Gasteiger partial charge in [0.05, 0.1) is 21.3 Å². The highest BCUT2D eigenvalue weighted by atomic mass is 35.5. The minimum absolute atomic E-state index is 0.528. The molecule has 164 valence electrons. The molecule has 0 saturated carbocycles. The maximum atomic E-state index is 6.14. The Kier molecular flexibility index (Phi) is 6.87. The number of methoxy groups -OCH3 is 3. The number of rotatable bonds is 8. The third kappa shape index (κ3) is 4.54. The van der Waals surface area contributed by atoms with E-state index in [-0.39, 0.29) is 0 Å². The summed E-state index contributed by atoms with van der Waals surface area (Å²) < 4.78 is 18.5. The molecule has 0 amide bonds. The summed E-state index contributed by atoms with van der Waals surface area (Å²) >= 11 is 7.73. The van der Waals surface area contributed by atoms with Crippen LogP contribution in [-0.2, 0) is 5.75 Å². The number of halogens is 1. The van der Waals surface area contributed by atoms with Crippen LogP contribution in [0.25, 0.3) is 17.1 Å². The van der Waals surface area contributed by atoms with Crippen LogP contribution in [0.5, 0.6) is 17.2 Å². The lowest BCUT2D eigenvalue weighted by Crippen LogP contribution is -2.01. The van der Waals surface area contributed by atoms with Crippen molar-refractivity contribution in [1.29, 1.82) is 0 Å². The Balaban J connectivity index is 1.80. The molecule has 6 nitrogen and oxygen atoms in total. The summed E-state index contributed by atoms with van der Waals surface area (Å²) in [6.45, 7) is 0. The first kappa shape index (κ1) is 22.0. The molecule has 1 heterocycles. The third-order valence-electron chi connectivity index (χ3n) is 4.83. The highest BCUT2D eigenvalue weighted by molar-refractivity contribution is 7.98. The molecule has 0 bridgehead atoms. The average molecular weight is 468 g/mol. The van der Waals surface area contributed by atoms with Crippen LogP contribution in [0.1, 0.15) is 5.56 Å². The van der Waals surface area contributed by atoms with E-state index in [0.29, 0.717) is 33.8 Å². The minimum Gasteiger partial charge on any atom is -0.493 e. The summed E-state index contributed by atoms with van der Waals surface area (Å²) in [4.78, 5) is 0. The standard InChI is InChI=1S/C24H22ClN3O3S/c1-29-20-13-17(14-21(30-2)22(20)31-3)23-26-27-24(28(23)19-10-5-4-6-11-19)32-15-16-8-7-9-18(25)12-16/h4-14H,15H2,1-3H3. The zero-order chi connectivity index (χ0) is 22.5. The first-order valence-electron chi connectivity index (χ1n) is 9.83. The van der Waals surface area contributed by atoms with Crippen LogP contribution in [0.15, 0.2) is 71.9 Å². The van der Waals surface area contributed by atoms with Crippen LogP contribution in [0.4, 0.5) is 0 Å². The first-order chi connectivity index (χ1) is 15.6. The van der Waals surface area contributed by atoms with Crippen molar-refractivity contribution in [2.45, 2.75) is 10.9 Å². The molecule has 0 radical (unpaired) electrons. The molecule has 3 aromatic carbocycles. The quantitative estimate of drug-likeness (QED) is 0.300. The molecule has 32 heavy (non-hydrogen) atoms. The van der Waals surface area contributed by atoms with Crippen molar-refractivity contribution in [2.24, 2.45) is 0 Å². The maximum Gasteiger partial charge on any atom is 0.203 e.